The van der Waals surface area contributed by atoms with E-state index in [1.165, 1.54) is 0 Å². The normalized spacial score (nSPS) is 17.4. The Labute approximate surface area is 265 Å². The number of tetrazole rings is 1. The van der Waals surface area contributed by atoms with Gasteiger partial charge in [-0.1, -0.05) is 19.1 Å². The highest BCUT2D eigenvalue weighted by molar-refractivity contribution is 5.95. The standard InChI is InChI=1S/C34H42N8O3/c1-22(10-17-30(43)42-18-8-9-29(42)35-2)21-34(33-36-37-38-41(33)7)27-15-13-25(31(44)39(3)4)19-23(27)11-12-24-20-26(14-16-28(24)34)32(45)40(5)6/h13-16,19-20,22,29H,8-12,17-18,21H2,1,3-7H3/t22-,29+/m1/s1. The summed E-state index contributed by atoms with van der Waals surface area (Å²) in [6.45, 7) is 10.3. The lowest BCUT2D eigenvalue weighted by Gasteiger charge is -2.37. The van der Waals surface area contributed by atoms with Crippen LogP contribution in [0.1, 0.15) is 87.8 Å². The van der Waals surface area contributed by atoms with Crippen LogP contribution in [0.2, 0.25) is 0 Å². The first-order valence-corrected chi connectivity index (χ1v) is 15.6. The molecule has 1 aliphatic carbocycles. The Morgan fingerprint density at radius 3 is 2.07 bits per heavy atom. The van der Waals surface area contributed by atoms with Crippen molar-refractivity contribution in [2.24, 2.45) is 13.0 Å². The number of fused-ring (bicyclic) bond motifs is 2. The molecule has 5 rings (SSSR count). The van der Waals surface area contributed by atoms with Gasteiger partial charge < -0.3 is 9.80 Å². The average molecular weight is 611 g/mol. The lowest BCUT2D eigenvalue weighted by atomic mass is 9.66. The van der Waals surface area contributed by atoms with E-state index >= 15 is 0 Å². The molecule has 0 bridgehead atoms. The molecule has 2 aliphatic rings. The van der Waals surface area contributed by atoms with Gasteiger partial charge in [-0.05, 0) is 95.0 Å². The number of carbonyl (C=O) groups excluding carboxylic acids is 3. The van der Waals surface area contributed by atoms with E-state index in [0.717, 1.165) is 35.1 Å². The van der Waals surface area contributed by atoms with E-state index in [1.54, 1.807) is 47.6 Å². The molecule has 45 heavy (non-hydrogen) atoms. The van der Waals surface area contributed by atoms with Crippen LogP contribution < -0.4 is 0 Å². The lowest BCUT2D eigenvalue weighted by Crippen LogP contribution is -2.37. The van der Waals surface area contributed by atoms with Crippen LogP contribution >= 0.6 is 0 Å². The topological polar surface area (TPSA) is 109 Å². The molecule has 11 heteroatoms. The summed E-state index contributed by atoms with van der Waals surface area (Å²) in [7, 11) is 8.81. The minimum Gasteiger partial charge on any atom is -0.345 e. The zero-order valence-corrected chi connectivity index (χ0v) is 27.1. The highest BCUT2D eigenvalue weighted by Gasteiger charge is 2.46. The molecule has 3 amide bonds. The second-order valence-corrected chi connectivity index (χ2v) is 12.9. The lowest BCUT2D eigenvalue weighted by molar-refractivity contribution is -0.131. The first kappa shape index (κ1) is 31.8. The Hall–Kier alpha value is -4.59. The molecule has 0 saturated carbocycles. The molecule has 3 aromatic rings. The summed E-state index contributed by atoms with van der Waals surface area (Å²) in [6, 6.07) is 11.8. The van der Waals surface area contributed by atoms with Crippen molar-refractivity contribution in [2.75, 3.05) is 34.7 Å². The van der Waals surface area contributed by atoms with E-state index in [1.807, 2.05) is 43.4 Å². The molecule has 1 fully saturated rings. The van der Waals surface area contributed by atoms with Gasteiger partial charge in [0, 0.05) is 65.8 Å². The van der Waals surface area contributed by atoms with Crippen LogP contribution in [-0.4, -0.2) is 93.5 Å². The Bertz CT molecular complexity index is 1580. The Morgan fingerprint density at radius 1 is 1.00 bits per heavy atom. The van der Waals surface area contributed by atoms with Crippen LogP contribution in [0, 0.1) is 12.5 Å². The summed E-state index contributed by atoms with van der Waals surface area (Å²) >= 11 is 0. The number of carbonyl (C=O) groups is 3. The van der Waals surface area contributed by atoms with Gasteiger partial charge in [0.2, 0.25) is 5.91 Å². The highest BCUT2D eigenvalue weighted by atomic mass is 16.2. The van der Waals surface area contributed by atoms with Crippen molar-refractivity contribution in [3.05, 3.63) is 87.0 Å². The summed E-state index contributed by atoms with van der Waals surface area (Å²) in [6.07, 6.45) is 4.16. The van der Waals surface area contributed by atoms with Gasteiger partial charge in [-0.25, -0.2) is 11.3 Å². The van der Waals surface area contributed by atoms with Gasteiger partial charge in [-0.15, -0.1) is 5.10 Å². The molecular formula is C34H42N8O3. The highest BCUT2D eigenvalue weighted by Crippen LogP contribution is 2.48. The van der Waals surface area contributed by atoms with Gasteiger partial charge in [0.1, 0.15) is 0 Å². The van der Waals surface area contributed by atoms with Gasteiger partial charge in [-0.3, -0.25) is 24.1 Å². The SMILES string of the molecule is [C-]#[N+][C@@H]1CCCN1C(=O)CC[C@@H](C)CC1(c2nnnn2C)c2ccc(C(=O)N(C)C)cc2CCc2cc(C(=O)N(C)C)ccc21. The maximum atomic E-state index is 13.2. The van der Waals surface area contributed by atoms with E-state index in [9.17, 15) is 14.4 Å². The Balaban J connectivity index is 1.64. The number of likely N-dealkylation sites (tertiary alicyclic amines) is 1. The third-order valence-corrected chi connectivity index (χ3v) is 9.30. The second kappa shape index (κ2) is 12.8. The number of amides is 3. The van der Waals surface area contributed by atoms with Crippen molar-refractivity contribution in [3.63, 3.8) is 0 Å². The quantitative estimate of drug-likeness (QED) is 0.360. The van der Waals surface area contributed by atoms with Crippen LogP contribution in [0.5, 0.6) is 0 Å². The zero-order valence-electron chi connectivity index (χ0n) is 27.1. The molecule has 0 N–H and O–H groups in total. The van der Waals surface area contributed by atoms with Crippen molar-refractivity contribution >= 4 is 17.7 Å². The van der Waals surface area contributed by atoms with E-state index in [-0.39, 0.29) is 29.8 Å². The van der Waals surface area contributed by atoms with Crippen molar-refractivity contribution in [1.82, 2.24) is 34.9 Å². The van der Waals surface area contributed by atoms with E-state index in [4.69, 9.17) is 6.57 Å². The summed E-state index contributed by atoms with van der Waals surface area (Å²) in [5.74, 6) is 0.600. The number of benzene rings is 2. The molecule has 1 saturated heterocycles. The smallest absolute Gasteiger partial charge is 0.300 e. The maximum Gasteiger partial charge on any atom is 0.300 e. The molecule has 236 valence electrons. The summed E-state index contributed by atoms with van der Waals surface area (Å²) < 4.78 is 1.71. The van der Waals surface area contributed by atoms with Crippen LogP contribution in [0.4, 0.5) is 0 Å². The van der Waals surface area contributed by atoms with E-state index < -0.39 is 5.41 Å². The van der Waals surface area contributed by atoms with Crippen LogP contribution in [0.3, 0.4) is 0 Å². The van der Waals surface area contributed by atoms with E-state index in [0.29, 0.717) is 55.6 Å². The number of rotatable bonds is 8. The molecule has 0 radical (unpaired) electrons. The van der Waals surface area contributed by atoms with E-state index in [2.05, 4.69) is 27.3 Å². The maximum absolute atomic E-state index is 13.2. The summed E-state index contributed by atoms with van der Waals surface area (Å²) in [5, 5.41) is 12.9. The summed E-state index contributed by atoms with van der Waals surface area (Å²) in [4.78, 5) is 47.8. The van der Waals surface area contributed by atoms with Crippen LogP contribution in [-0.2, 0) is 30.1 Å². The monoisotopic (exact) mass is 610 g/mol. The predicted molar refractivity (Wildman–Crippen MR) is 169 cm³/mol. The molecule has 1 aliphatic heterocycles. The van der Waals surface area contributed by atoms with Gasteiger partial charge in [-0.2, -0.15) is 0 Å². The molecule has 2 heterocycles. The fourth-order valence-electron chi connectivity index (χ4n) is 7.09. The Kier molecular flexibility index (Phi) is 9.05. The molecule has 0 spiro atoms. The second-order valence-electron chi connectivity index (χ2n) is 12.9. The van der Waals surface area contributed by atoms with Crippen molar-refractivity contribution in [1.29, 1.82) is 0 Å². The third-order valence-electron chi connectivity index (χ3n) is 9.30. The Morgan fingerprint density at radius 2 is 1.58 bits per heavy atom. The van der Waals surface area contributed by atoms with Gasteiger partial charge in [0.25, 0.3) is 11.8 Å². The number of hydrogen-bond donors (Lipinski definition) is 0. The minimum atomic E-state index is -0.812. The van der Waals surface area contributed by atoms with Gasteiger partial charge in [0.15, 0.2) is 5.82 Å². The number of nitrogens with zero attached hydrogens (tertiary/aromatic N) is 8. The molecular weight excluding hydrogens is 568 g/mol. The first-order chi connectivity index (χ1) is 21.5. The van der Waals surface area contributed by atoms with Gasteiger partial charge >= 0.3 is 6.17 Å². The molecule has 2 aromatic carbocycles. The van der Waals surface area contributed by atoms with Crippen molar-refractivity contribution < 1.29 is 14.4 Å². The fraction of sp³-hybridized carbons (Fsp3) is 0.500. The van der Waals surface area contributed by atoms with Crippen molar-refractivity contribution in [2.45, 2.75) is 63.5 Å². The first-order valence-electron chi connectivity index (χ1n) is 15.6. The number of aryl methyl sites for hydroxylation is 3. The largest absolute Gasteiger partial charge is 0.345 e. The zero-order chi connectivity index (χ0) is 32.5. The fourth-order valence-corrected chi connectivity index (χ4v) is 7.09. The van der Waals surface area contributed by atoms with Gasteiger partial charge in [0.05, 0.1) is 5.41 Å². The predicted octanol–water partition coefficient (Wildman–Crippen LogP) is 3.72. The number of aromatic nitrogens is 4. The molecule has 1 aromatic heterocycles. The summed E-state index contributed by atoms with van der Waals surface area (Å²) in [5.41, 5.74) is 4.51. The minimum absolute atomic E-state index is 0.0232. The third kappa shape index (κ3) is 5.93. The molecule has 11 nitrogen and oxygen atoms in total. The van der Waals surface area contributed by atoms with Crippen LogP contribution in [0.25, 0.3) is 4.85 Å². The number of hydrogen-bond acceptors (Lipinski definition) is 6. The van der Waals surface area contributed by atoms with Crippen LogP contribution in [0.15, 0.2) is 36.4 Å². The van der Waals surface area contributed by atoms with Crippen molar-refractivity contribution in [3.8, 4) is 0 Å². The molecule has 0 unspecified atom stereocenters. The average Bonchev–Trinajstić information content (AvgIpc) is 3.67. The molecule has 2 atom stereocenters.